The van der Waals surface area contributed by atoms with Crippen LogP contribution in [0, 0.1) is 10.1 Å². The maximum atomic E-state index is 11.4. The highest BCUT2D eigenvalue weighted by atomic mass is 16.6. The van der Waals surface area contributed by atoms with E-state index in [2.05, 4.69) is 15.6 Å². The first kappa shape index (κ1) is 15.7. The normalized spacial score (nSPS) is 10.8. The van der Waals surface area contributed by atoms with Gasteiger partial charge in [-0.15, -0.1) is 0 Å². The molecule has 1 rings (SSSR count). The second kappa shape index (κ2) is 6.69. The number of rotatable bonds is 5. The topological polar surface area (TPSA) is 106 Å². The van der Waals surface area contributed by atoms with Crippen LogP contribution in [-0.2, 0) is 4.74 Å². The van der Waals surface area contributed by atoms with Crippen molar-refractivity contribution in [2.45, 2.75) is 26.4 Å². The van der Waals surface area contributed by atoms with Crippen LogP contribution in [0.5, 0.6) is 0 Å². The molecule has 0 aliphatic rings. The molecule has 0 atom stereocenters. The first-order chi connectivity index (χ1) is 9.29. The molecule has 8 nitrogen and oxygen atoms in total. The van der Waals surface area contributed by atoms with E-state index in [4.69, 9.17) is 4.74 Å². The summed E-state index contributed by atoms with van der Waals surface area (Å²) in [7, 11) is 0. The second-order valence-corrected chi connectivity index (χ2v) is 4.98. The summed E-state index contributed by atoms with van der Waals surface area (Å²) in [5.41, 5.74) is -0.665. The lowest BCUT2D eigenvalue weighted by Crippen LogP contribution is -2.35. The molecule has 0 radical (unpaired) electrons. The van der Waals surface area contributed by atoms with Crippen LogP contribution in [0.2, 0.25) is 0 Å². The molecule has 0 unspecified atom stereocenters. The third kappa shape index (κ3) is 5.51. The van der Waals surface area contributed by atoms with Crippen LogP contribution in [0.4, 0.5) is 16.3 Å². The van der Waals surface area contributed by atoms with Crippen LogP contribution in [0.25, 0.3) is 0 Å². The van der Waals surface area contributed by atoms with E-state index in [0.29, 0.717) is 6.54 Å². The van der Waals surface area contributed by atoms with Crippen molar-refractivity contribution in [3.63, 3.8) is 0 Å². The molecular formula is C12H18N4O4. The van der Waals surface area contributed by atoms with Crippen molar-refractivity contribution < 1.29 is 14.5 Å². The second-order valence-electron chi connectivity index (χ2n) is 4.98. The van der Waals surface area contributed by atoms with Crippen molar-refractivity contribution >= 4 is 17.6 Å². The van der Waals surface area contributed by atoms with Crippen molar-refractivity contribution in [1.82, 2.24) is 10.3 Å². The summed E-state index contributed by atoms with van der Waals surface area (Å²) in [5, 5.41) is 16.1. The van der Waals surface area contributed by atoms with Crippen molar-refractivity contribution in [2.75, 3.05) is 18.4 Å². The number of ether oxygens (including phenoxy) is 1. The van der Waals surface area contributed by atoms with Crippen LogP contribution in [0.3, 0.4) is 0 Å². The van der Waals surface area contributed by atoms with Gasteiger partial charge >= 0.3 is 11.8 Å². The Morgan fingerprint density at radius 2 is 2.15 bits per heavy atom. The number of hydrogen-bond acceptors (Lipinski definition) is 6. The number of hydrogen-bond donors (Lipinski definition) is 2. The molecule has 2 N–H and O–H groups in total. The zero-order chi connectivity index (χ0) is 15.2. The Morgan fingerprint density at radius 3 is 2.75 bits per heavy atom. The molecule has 0 spiro atoms. The molecule has 0 fully saturated rings. The number of nitrogens with one attached hydrogen (secondary N) is 2. The van der Waals surface area contributed by atoms with Gasteiger partial charge in [0.15, 0.2) is 0 Å². The average molecular weight is 282 g/mol. The van der Waals surface area contributed by atoms with Crippen LogP contribution in [0.1, 0.15) is 20.8 Å². The number of pyridine rings is 1. The summed E-state index contributed by atoms with van der Waals surface area (Å²) in [4.78, 5) is 25.5. The van der Waals surface area contributed by atoms with Crippen LogP contribution >= 0.6 is 0 Å². The molecule has 0 saturated heterocycles. The van der Waals surface area contributed by atoms with E-state index >= 15 is 0 Å². The summed E-state index contributed by atoms with van der Waals surface area (Å²) < 4.78 is 5.05. The largest absolute Gasteiger partial charge is 0.444 e. The summed E-state index contributed by atoms with van der Waals surface area (Å²) >= 11 is 0. The Bertz CT molecular complexity index is 485. The molecule has 0 aromatic carbocycles. The number of aromatic nitrogens is 1. The monoisotopic (exact) mass is 282 g/mol. The number of carbonyl (C=O) groups excluding carboxylic acids is 1. The highest BCUT2D eigenvalue weighted by Gasteiger charge is 2.16. The van der Waals surface area contributed by atoms with Gasteiger partial charge in [-0.1, -0.05) is 0 Å². The molecular weight excluding hydrogens is 264 g/mol. The highest BCUT2D eigenvalue weighted by Crippen LogP contribution is 2.19. The van der Waals surface area contributed by atoms with Gasteiger partial charge in [0, 0.05) is 25.4 Å². The molecule has 1 amide bonds. The van der Waals surface area contributed by atoms with Crippen LogP contribution < -0.4 is 10.6 Å². The van der Waals surface area contributed by atoms with Crippen molar-refractivity contribution in [3.8, 4) is 0 Å². The minimum atomic E-state index is -0.558. The Balaban J connectivity index is 2.39. The summed E-state index contributed by atoms with van der Waals surface area (Å²) in [6, 6.07) is 2.85. The third-order valence-electron chi connectivity index (χ3n) is 2.07. The lowest BCUT2D eigenvalue weighted by Gasteiger charge is -2.19. The average Bonchev–Trinajstić information content (AvgIpc) is 2.33. The quantitative estimate of drug-likeness (QED) is 0.485. The molecule has 20 heavy (non-hydrogen) atoms. The third-order valence-corrected chi connectivity index (χ3v) is 2.07. The first-order valence-electron chi connectivity index (χ1n) is 6.10. The highest BCUT2D eigenvalue weighted by molar-refractivity contribution is 5.67. The molecule has 1 aromatic rings. The molecule has 0 bridgehead atoms. The van der Waals surface area contributed by atoms with Gasteiger partial charge in [-0.2, -0.15) is 0 Å². The number of anilines is 1. The molecule has 0 aliphatic carbocycles. The molecule has 1 aromatic heterocycles. The zero-order valence-corrected chi connectivity index (χ0v) is 11.7. The van der Waals surface area contributed by atoms with Crippen molar-refractivity contribution in [3.05, 3.63) is 28.4 Å². The molecule has 8 heteroatoms. The molecule has 0 saturated carbocycles. The predicted molar refractivity (Wildman–Crippen MR) is 73.6 cm³/mol. The zero-order valence-electron chi connectivity index (χ0n) is 11.7. The lowest BCUT2D eigenvalue weighted by molar-refractivity contribution is -0.384. The maximum absolute atomic E-state index is 11.4. The van der Waals surface area contributed by atoms with E-state index in [1.807, 2.05) is 0 Å². The first-order valence-corrected chi connectivity index (χ1v) is 6.10. The number of nitro groups is 1. The number of alkyl carbamates (subject to hydrolysis) is 1. The fourth-order valence-electron chi connectivity index (χ4n) is 1.34. The van der Waals surface area contributed by atoms with E-state index in [0.717, 1.165) is 0 Å². The molecule has 110 valence electrons. The van der Waals surface area contributed by atoms with Gasteiger partial charge in [0.25, 0.3) is 0 Å². The summed E-state index contributed by atoms with van der Waals surface area (Å²) in [6.45, 7) is 5.87. The maximum Gasteiger partial charge on any atom is 0.407 e. The van der Waals surface area contributed by atoms with E-state index in [1.54, 1.807) is 20.8 Å². The lowest BCUT2D eigenvalue weighted by atomic mass is 10.2. The van der Waals surface area contributed by atoms with Gasteiger partial charge in [0.1, 0.15) is 5.60 Å². The van der Waals surface area contributed by atoms with Gasteiger partial charge < -0.3 is 15.4 Å². The minimum Gasteiger partial charge on any atom is -0.444 e. The van der Waals surface area contributed by atoms with Crippen LogP contribution in [0.15, 0.2) is 18.3 Å². The number of nitrogens with zero attached hydrogens (tertiary/aromatic N) is 2. The van der Waals surface area contributed by atoms with E-state index in [-0.39, 0.29) is 18.1 Å². The van der Waals surface area contributed by atoms with Crippen LogP contribution in [-0.4, -0.2) is 34.7 Å². The molecule has 1 heterocycles. The Morgan fingerprint density at radius 1 is 1.45 bits per heavy atom. The Kier molecular flexibility index (Phi) is 5.24. The van der Waals surface area contributed by atoms with Crippen molar-refractivity contribution in [1.29, 1.82) is 0 Å². The van der Waals surface area contributed by atoms with Gasteiger partial charge in [-0.25, -0.2) is 9.78 Å². The van der Waals surface area contributed by atoms with Gasteiger partial charge in [0.2, 0.25) is 5.82 Å². The Hall–Kier alpha value is -2.38. The standard InChI is InChI=1S/C12H18N4O4/c1-12(2,3)20-11(17)15-8-7-14-10-9(16(18)19)5-4-6-13-10/h4-6H,7-8H2,1-3H3,(H,13,14)(H,15,17). The van der Waals surface area contributed by atoms with Gasteiger partial charge in [-0.3, -0.25) is 10.1 Å². The van der Waals surface area contributed by atoms with E-state index < -0.39 is 16.6 Å². The number of amides is 1. The van der Waals surface area contributed by atoms with E-state index in [9.17, 15) is 14.9 Å². The fourth-order valence-corrected chi connectivity index (χ4v) is 1.34. The fraction of sp³-hybridized carbons (Fsp3) is 0.500. The van der Waals surface area contributed by atoms with Gasteiger partial charge in [-0.05, 0) is 26.8 Å². The van der Waals surface area contributed by atoms with E-state index in [1.165, 1.54) is 18.3 Å². The number of carbonyl (C=O) groups is 1. The SMILES string of the molecule is CC(C)(C)OC(=O)NCCNc1ncccc1[N+](=O)[O-]. The summed E-state index contributed by atoms with van der Waals surface area (Å²) in [5.74, 6) is 0.170. The predicted octanol–water partition coefficient (Wildman–Crippen LogP) is 1.93. The molecule has 0 aliphatic heterocycles. The summed E-state index contributed by atoms with van der Waals surface area (Å²) in [6.07, 6.45) is 0.922. The van der Waals surface area contributed by atoms with Crippen molar-refractivity contribution in [2.24, 2.45) is 0 Å². The smallest absolute Gasteiger partial charge is 0.407 e. The Labute approximate surface area is 116 Å². The minimum absolute atomic E-state index is 0.107. The van der Waals surface area contributed by atoms with Gasteiger partial charge in [0.05, 0.1) is 4.92 Å².